The second kappa shape index (κ2) is 10.2. The molecule has 0 amide bonds. The Morgan fingerprint density at radius 2 is 1.75 bits per heavy atom. The van der Waals surface area contributed by atoms with E-state index in [1.54, 1.807) is 24.3 Å². The van der Waals surface area contributed by atoms with Gasteiger partial charge in [0.15, 0.2) is 0 Å². The maximum absolute atomic E-state index is 11.3. The molecule has 1 aliphatic carbocycles. The molecule has 12 heteroatoms. The van der Waals surface area contributed by atoms with Crippen LogP contribution in [0.1, 0.15) is 66.3 Å². The van der Waals surface area contributed by atoms with Gasteiger partial charge in [0.05, 0.1) is 22.8 Å². The van der Waals surface area contributed by atoms with E-state index in [2.05, 4.69) is 25.2 Å². The number of carboxylic acid groups (broad SMARTS) is 1. The van der Waals surface area contributed by atoms with Crippen LogP contribution < -0.4 is 4.90 Å². The summed E-state index contributed by atoms with van der Waals surface area (Å²) in [6.45, 7) is 0.368. The van der Waals surface area contributed by atoms with Crippen molar-refractivity contribution in [3.8, 4) is 22.8 Å². The summed E-state index contributed by atoms with van der Waals surface area (Å²) in [6.07, 6.45) is 5.80. The number of rotatable bonds is 8. The van der Waals surface area contributed by atoms with Gasteiger partial charge in [0.25, 0.3) is 5.89 Å². The van der Waals surface area contributed by atoms with E-state index < -0.39 is 5.97 Å². The number of benzene rings is 1. The summed E-state index contributed by atoms with van der Waals surface area (Å²) < 4.78 is 18.3. The van der Waals surface area contributed by atoms with Crippen molar-refractivity contribution in [3.05, 3.63) is 63.5 Å². The average molecular weight is 582 g/mol. The number of carboxylic acids is 1. The molecular formula is C28H25Cl2N5O5. The lowest BCUT2D eigenvalue weighted by atomic mass is 10.00. The van der Waals surface area contributed by atoms with E-state index in [0.29, 0.717) is 45.5 Å². The Hall–Kier alpha value is -3.47. The fraction of sp³-hybridized carbons (Fsp3) is 0.393. The molecule has 2 bridgehead atoms. The van der Waals surface area contributed by atoms with Gasteiger partial charge in [0.2, 0.25) is 0 Å². The number of anilines is 1. The predicted octanol–water partition coefficient (Wildman–Crippen LogP) is 6.39. The summed E-state index contributed by atoms with van der Waals surface area (Å²) in [5.74, 6) is 0.308. The molecule has 2 atom stereocenters. The summed E-state index contributed by atoms with van der Waals surface area (Å²) in [5.41, 5.74) is 2.50. The van der Waals surface area contributed by atoms with Gasteiger partial charge in [-0.3, -0.25) is 0 Å². The molecule has 1 N–H and O–H groups in total. The highest BCUT2D eigenvalue weighted by Crippen LogP contribution is 2.47. The normalized spacial score (nSPS) is 22.1. The maximum atomic E-state index is 11.3. The summed E-state index contributed by atoms with van der Waals surface area (Å²) >= 11 is 13.0. The van der Waals surface area contributed by atoms with Crippen molar-refractivity contribution in [2.45, 2.75) is 69.2 Å². The van der Waals surface area contributed by atoms with E-state index in [4.69, 9.17) is 36.9 Å². The van der Waals surface area contributed by atoms with Crippen LogP contribution in [0.5, 0.6) is 0 Å². The standard InChI is InChI=1S/C28H25Cl2N5O5/c29-19-3-1-4-20(30)23(19)24-18(25(40-34-24)14-7-8-14)13-38-17-11-15-9-10-16(12-17)35(15)28-33-32-26(39-28)21-5-2-6-22(31-21)27(36)37/h1-6,14-17H,7-13H2,(H,36,37). The van der Waals surface area contributed by atoms with Crippen LogP contribution in [0.4, 0.5) is 6.01 Å². The number of ether oxygens (including phenoxy) is 1. The number of aromatic nitrogens is 4. The molecule has 3 fully saturated rings. The van der Waals surface area contributed by atoms with Crippen LogP contribution in [0.3, 0.4) is 0 Å². The SMILES string of the molecule is O=C(O)c1cccc(-c2nnc(N3C4CCC3CC(OCc3c(-c5c(Cl)cccc5Cl)noc3C3CC3)C4)o2)n1. The third kappa shape index (κ3) is 4.63. The Balaban J connectivity index is 1.07. The lowest BCUT2D eigenvalue weighted by Crippen LogP contribution is -2.45. The molecule has 40 heavy (non-hydrogen) atoms. The molecule has 1 aromatic carbocycles. The van der Waals surface area contributed by atoms with Crippen molar-refractivity contribution in [2.75, 3.05) is 4.90 Å². The summed E-state index contributed by atoms with van der Waals surface area (Å²) in [6, 6.07) is 10.9. The van der Waals surface area contributed by atoms with E-state index >= 15 is 0 Å². The second-order valence-corrected chi connectivity index (χ2v) is 11.4. The van der Waals surface area contributed by atoms with Crippen molar-refractivity contribution in [1.82, 2.24) is 20.3 Å². The van der Waals surface area contributed by atoms with Crippen LogP contribution in [0, 0.1) is 0 Å². The average Bonchev–Trinajstić information content (AvgIpc) is 3.41. The minimum atomic E-state index is -1.11. The fourth-order valence-electron chi connectivity index (χ4n) is 5.92. The lowest BCUT2D eigenvalue weighted by Gasteiger charge is -2.37. The highest BCUT2D eigenvalue weighted by Gasteiger charge is 2.44. The minimum absolute atomic E-state index is 0.0431. The van der Waals surface area contributed by atoms with Crippen molar-refractivity contribution >= 4 is 35.2 Å². The summed E-state index contributed by atoms with van der Waals surface area (Å²) in [4.78, 5) is 17.6. The first-order valence-corrected chi connectivity index (χ1v) is 14.1. The van der Waals surface area contributed by atoms with Gasteiger partial charge >= 0.3 is 12.0 Å². The van der Waals surface area contributed by atoms with Gasteiger partial charge in [-0.25, -0.2) is 9.78 Å². The Morgan fingerprint density at radius 1 is 1.02 bits per heavy atom. The molecule has 2 unspecified atom stereocenters. The number of fused-ring (bicyclic) bond motifs is 2. The number of halogens is 2. The number of hydrogen-bond donors (Lipinski definition) is 1. The summed E-state index contributed by atoms with van der Waals surface area (Å²) in [5, 5.41) is 23.1. The Bertz CT molecular complexity index is 1550. The van der Waals surface area contributed by atoms with Crippen molar-refractivity contribution in [3.63, 3.8) is 0 Å². The van der Waals surface area contributed by atoms with Crippen LogP contribution in [0.15, 0.2) is 45.3 Å². The number of carbonyl (C=O) groups is 1. The zero-order chi connectivity index (χ0) is 27.4. The quantitative estimate of drug-likeness (QED) is 0.250. The smallest absolute Gasteiger partial charge is 0.354 e. The molecular weight excluding hydrogens is 557 g/mol. The van der Waals surface area contributed by atoms with E-state index in [-0.39, 0.29) is 29.8 Å². The van der Waals surface area contributed by atoms with Crippen molar-refractivity contribution in [1.29, 1.82) is 0 Å². The van der Waals surface area contributed by atoms with Gasteiger partial charge in [-0.05, 0) is 62.8 Å². The van der Waals surface area contributed by atoms with Crippen LogP contribution in [0.2, 0.25) is 10.0 Å². The van der Waals surface area contributed by atoms with Crippen LogP contribution in [0.25, 0.3) is 22.8 Å². The first kappa shape index (κ1) is 25.5. The maximum Gasteiger partial charge on any atom is 0.354 e. The predicted molar refractivity (Wildman–Crippen MR) is 146 cm³/mol. The van der Waals surface area contributed by atoms with E-state index in [9.17, 15) is 9.90 Å². The molecule has 4 aromatic rings. The van der Waals surface area contributed by atoms with Gasteiger partial charge in [0.1, 0.15) is 22.8 Å². The Labute approximate surface area is 239 Å². The molecule has 3 aliphatic rings. The number of pyridine rings is 1. The number of aromatic carboxylic acids is 1. The lowest BCUT2D eigenvalue weighted by molar-refractivity contribution is 0.0139. The largest absolute Gasteiger partial charge is 0.477 e. The molecule has 10 nitrogen and oxygen atoms in total. The highest BCUT2D eigenvalue weighted by atomic mass is 35.5. The molecule has 206 valence electrons. The monoisotopic (exact) mass is 581 g/mol. The first-order chi connectivity index (χ1) is 19.5. The molecule has 3 aromatic heterocycles. The van der Waals surface area contributed by atoms with Crippen molar-refractivity contribution < 1.29 is 23.6 Å². The van der Waals surface area contributed by atoms with Crippen LogP contribution in [-0.4, -0.2) is 49.6 Å². The Kier molecular flexibility index (Phi) is 6.48. The van der Waals surface area contributed by atoms with Crippen molar-refractivity contribution in [2.24, 2.45) is 0 Å². The zero-order valence-corrected chi connectivity index (χ0v) is 22.8. The van der Waals surface area contributed by atoms with Gasteiger partial charge in [-0.2, -0.15) is 0 Å². The first-order valence-electron chi connectivity index (χ1n) is 13.3. The summed E-state index contributed by atoms with van der Waals surface area (Å²) in [7, 11) is 0. The molecule has 0 spiro atoms. The minimum Gasteiger partial charge on any atom is -0.477 e. The Morgan fingerprint density at radius 3 is 2.45 bits per heavy atom. The van der Waals surface area contributed by atoms with Crippen LogP contribution in [-0.2, 0) is 11.3 Å². The number of hydrogen-bond acceptors (Lipinski definition) is 9. The van der Waals surface area contributed by atoms with E-state index in [1.165, 1.54) is 6.07 Å². The van der Waals surface area contributed by atoms with E-state index in [1.807, 2.05) is 6.07 Å². The van der Waals surface area contributed by atoms with Gasteiger partial charge < -0.3 is 23.7 Å². The number of piperidine rings is 1. The number of nitrogens with zero attached hydrogens (tertiary/aromatic N) is 5. The molecule has 7 rings (SSSR count). The molecule has 5 heterocycles. The zero-order valence-electron chi connectivity index (χ0n) is 21.3. The van der Waals surface area contributed by atoms with E-state index in [0.717, 1.165) is 49.8 Å². The second-order valence-electron chi connectivity index (χ2n) is 10.5. The van der Waals surface area contributed by atoms with Gasteiger partial charge in [-0.1, -0.05) is 45.6 Å². The topological polar surface area (TPSA) is 128 Å². The molecule has 2 aliphatic heterocycles. The molecule has 1 saturated carbocycles. The highest BCUT2D eigenvalue weighted by molar-refractivity contribution is 6.39. The van der Waals surface area contributed by atoms with Crippen LogP contribution >= 0.6 is 23.2 Å². The third-order valence-corrected chi connectivity index (χ3v) is 8.57. The fourth-order valence-corrected chi connectivity index (χ4v) is 6.50. The molecule has 2 saturated heterocycles. The third-order valence-electron chi connectivity index (χ3n) is 7.94. The molecule has 0 radical (unpaired) electrons. The van der Waals surface area contributed by atoms with Gasteiger partial charge in [0, 0.05) is 29.1 Å². The van der Waals surface area contributed by atoms with Gasteiger partial charge in [-0.15, -0.1) is 5.10 Å².